The number of hydrogen-bond acceptors (Lipinski definition) is 5. The monoisotopic (exact) mass is 625 g/mol. The minimum Gasteiger partial charge on any atom is -0.488 e. The molecule has 1 atom stereocenters. The second-order valence-corrected chi connectivity index (χ2v) is 12.3. The van der Waals surface area contributed by atoms with Crippen molar-refractivity contribution in [1.82, 2.24) is 9.73 Å². The van der Waals surface area contributed by atoms with Gasteiger partial charge in [0.1, 0.15) is 18.4 Å². The number of amides is 1. The van der Waals surface area contributed by atoms with Crippen LogP contribution in [0.25, 0.3) is 10.8 Å². The summed E-state index contributed by atoms with van der Waals surface area (Å²) < 4.78 is 34.2. The van der Waals surface area contributed by atoms with Crippen molar-refractivity contribution in [2.24, 2.45) is 5.10 Å². The van der Waals surface area contributed by atoms with Crippen LogP contribution >= 0.6 is 27.5 Å². The molecule has 4 aromatic rings. The predicted octanol–water partition coefficient (Wildman–Crippen LogP) is 6.14. The van der Waals surface area contributed by atoms with Crippen LogP contribution in [0.1, 0.15) is 24.0 Å². The van der Waals surface area contributed by atoms with Gasteiger partial charge in [0.05, 0.1) is 15.6 Å². The van der Waals surface area contributed by atoms with E-state index in [4.69, 9.17) is 16.3 Å². The van der Waals surface area contributed by atoms with Crippen molar-refractivity contribution in [3.63, 3.8) is 0 Å². The molecule has 1 saturated heterocycles. The Morgan fingerprint density at radius 3 is 2.64 bits per heavy atom. The average molecular weight is 627 g/mol. The SMILES string of the molecule is O=C(N/N=C\c1ccc(OCc2cccc3ccccc23)c(Br)c1)[C@H]1CCCN1S(=O)(=O)c1ccc(Cl)cc1. The molecule has 10 heteroatoms. The zero-order valence-electron chi connectivity index (χ0n) is 20.8. The molecule has 0 spiro atoms. The summed E-state index contributed by atoms with van der Waals surface area (Å²) in [7, 11) is -3.83. The van der Waals surface area contributed by atoms with Gasteiger partial charge in [-0.1, -0.05) is 54.1 Å². The van der Waals surface area contributed by atoms with E-state index in [-0.39, 0.29) is 11.4 Å². The number of ether oxygens (including phenoxy) is 1. The minimum absolute atomic E-state index is 0.0997. The molecule has 7 nitrogen and oxygen atoms in total. The van der Waals surface area contributed by atoms with Gasteiger partial charge in [-0.15, -0.1) is 0 Å². The lowest BCUT2D eigenvalue weighted by Crippen LogP contribution is -2.44. The first kappa shape index (κ1) is 27.3. The van der Waals surface area contributed by atoms with E-state index in [9.17, 15) is 13.2 Å². The molecular formula is C29H25BrClN3O4S. The van der Waals surface area contributed by atoms with Crippen molar-refractivity contribution in [2.75, 3.05) is 6.54 Å². The van der Waals surface area contributed by atoms with E-state index in [1.54, 1.807) is 0 Å². The third-order valence-corrected chi connectivity index (χ3v) is 9.33. The summed E-state index contributed by atoms with van der Waals surface area (Å²) in [5, 5.41) is 6.81. The summed E-state index contributed by atoms with van der Waals surface area (Å²) in [6, 6.07) is 24.9. The fourth-order valence-electron chi connectivity index (χ4n) is 4.57. The first-order valence-electron chi connectivity index (χ1n) is 12.3. The van der Waals surface area contributed by atoms with Gasteiger partial charge in [0.15, 0.2) is 0 Å². The number of rotatable bonds is 8. The Labute approximate surface area is 240 Å². The molecular weight excluding hydrogens is 602 g/mol. The van der Waals surface area contributed by atoms with Crippen LogP contribution in [0, 0.1) is 0 Å². The fourth-order valence-corrected chi connectivity index (χ4v) is 6.86. The van der Waals surface area contributed by atoms with Gasteiger partial charge in [0.2, 0.25) is 10.0 Å². The number of hydrazone groups is 1. The quantitative estimate of drug-likeness (QED) is 0.188. The molecule has 0 bridgehead atoms. The van der Waals surface area contributed by atoms with Gasteiger partial charge in [-0.2, -0.15) is 9.41 Å². The Kier molecular flexibility index (Phi) is 8.32. The lowest BCUT2D eigenvalue weighted by Gasteiger charge is -2.22. The molecule has 1 heterocycles. The van der Waals surface area contributed by atoms with Crippen LogP contribution in [-0.4, -0.2) is 37.4 Å². The number of nitrogens with zero attached hydrogens (tertiary/aromatic N) is 2. The van der Waals surface area contributed by atoms with Crippen molar-refractivity contribution in [2.45, 2.75) is 30.4 Å². The maximum atomic E-state index is 13.1. The van der Waals surface area contributed by atoms with Gasteiger partial charge in [-0.25, -0.2) is 13.8 Å². The van der Waals surface area contributed by atoms with Gasteiger partial charge in [-0.05, 0) is 93.1 Å². The molecule has 0 unspecified atom stereocenters. The van der Waals surface area contributed by atoms with Gasteiger partial charge in [0.25, 0.3) is 5.91 Å². The van der Waals surface area contributed by atoms with Crippen molar-refractivity contribution in [3.8, 4) is 5.75 Å². The highest BCUT2D eigenvalue weighted by molar-refractivity contribution is 9.10. The van der Waals surface area contributed by atoms with Crippen LogP contribution in [0.3, 0.4) is 0 Å². The van der Waals surface area contributed by atoms with Crippen LogP contribution in [0.5, 0.6) is 5.75 Å². The zero-order chi connectivity index (χ0) is 27.4. The average Bonchev–Trinajstić information content (AvgIpc) is 3.44. The lowest BCUT2D eigenvalue weighted by atomic mass is 10.1. The molecule has 0 radical (unpaired) electrons. The molecule has 1 aliphatic heterocycles. The van der Waals surface area contributed by atoms with Crippen molar-refractivity contribution in [3.05, 3.63) is 106 Å². The zero-order valence-corrected chi connectivity index (χ0v) is 23.9. The van der Waals surface area contributed by atoms with Crippen LogP contribution in [0.15, 0.2) is 99.4 Å². The number of nitrogens with one attached hydrogen (secondary N) is 1. The minimum atomic E-state index is -3.83. The smallest absolute Gasteiger partial charge is 0.258 e. The van der Waals surface area contributed by atoms with E-state index in [1.165, 1.54) is 34.8 Å². The molecule has 1 fully saturated rings. The topological polar surface area (TPSA) is 88.1 Å². The molecule has 4 aromatic carbocycles. The number of sulfonamides is 1. The third-order valence-electron chi connectivity index (χ3n) is 6.53. The number of halogens is 2. The molecule has 5 rings (SSSR count). The maximum Gasteiger partial charge on any atom is 0.258 e. The number of carbonyl (C=O) groups excluding carboxylic acids is 1. The Hall–Kier alpha value is -3.24. The Morgan fingerprint density at radius 2 is 1.85 bits per heavy atom. The second kappa shape index (κ2) is 11.9. The van der Waals surface area contributed by atoms with Crippen LogP contribution in [0.4, 0.5) is 0 Å². The van der Waals surface area contributed by atoms with Crippen molar-refractivity contribution in [1.29, 1.82) is 0 Å². The number of benzene rings is 4. The highest BCUT2D eigenvalue weighted by Crippen LogP contribution is 2.29. The molecule has 0 aliphatic carbocycles. The highest BCUT2D eigenvalue weighted by Gasteiger charge is 2.39. The summed E-state index contributed by atoms with van der Waals surface area (Å²) >= 11 is 9.43. The van der Waals surface area contributed by atoms with Crippen molar-refractivity contribution < 1.29 is 17.9 Å². The summed E-state index contributed by atoms with van der Waals surface area (Å²) in [6.45, 7) is 0.681. The Balaban J connectivity index is 1.21. The predicted molar refractivity (Wildman–Crippen MR) is 157 cm³/mol. The maximum absolute atomic E-state index is 13.1. The van der Waals surface area contributed by atoms with Gasteiger partial charge < -0.3 is 4.74 Å². The van der Waals surface area contributed by atoms with E-state index >= 15 is 0 Å². The second-order valence-electron chi connectivity index (χ2n) is 9.08. The number of hydrogen-bond donors (Lipinski definition) is 1. The molecule has 0 aromatic heterocycles. The van der Waals surface area contributed by atoms with Crippen LogP contribution in [-0.2, 0) is 21.4 Å². The molecule has 1 N–H and O–H groups in total. The van der Waals surface area contributed by atoms with Gasteiger partial charge in [-0.3, -0.25) is 4.79 Å². The number of carbonyl (C=O) groups is 1. The molecule has 200 valence electrons. The van der Waals surface area contributed by atoms with E-state index in [1.807, 2.05) is 42.5 Å². The fraction of sp³-hybridized carbons (Fsp3) is 0.172. The normalized spacial score (nSPS) is 16.1. The summed E-state index contributed by atoms with van der Waals surface area (Å²) in [5.41, 5.74) is 4.31. The Bertz CT molecular complexity index is 1640. The first-order chi connectivity index (χ1) is 18.8. The van der Waals surface area contributed by atoms with E-state index in [0.717, 1.165) is 26.4 Å². The molecule has 0 saturated carbocycles. The van der Waals surface area contributed by atoms with E-state index < -0.39 is 22.0 Å². The van der Waals surface area contributed by atoms with Gasteiger partial charge >= 0.3 is 0 Å². The summed E-state index contributed by atoms with van der Waals surface area (Å²) in [6.07, 6.45) is 2.51. The standard InChI is InChI=1S/C29H25BrClN3O4S/c30-26-17-20(10-15-28(26)38-19-22-7-3-6-21-5-1-2-8-25(21)22)18-32-33-29(35)27-9-4-16-34(27)39(36,37)24-13-11-23(31)12-14-24/h1-3,5-8,10-15,17-18,27H,4,9,16,19H2,(H,33,35)/b32-18-/t27-/m1/s1. The molecule has 1 aliphatic rings. The summed E-state index contributed by atoms with van der Waals surface area (Å²) in [5.74, 6) is 0.202. The van der Waals surface area contributed by atoms with E-state index in [2.05, 4.69) is 44.7 Å². The molecule has 39 heavy (non-hydrogen) atoms. The van der Waals surface area contributed by atoms with Gasteiger partial charge in [0, 0.05) is 11.6 Å². The first-order valence-corrected chi connectivity index (χ1v) is 14.9. The van der Waals surface area contributed by atoms with Crippen LogP contribution in [0.2, 0.25) is 5.02 Å². The Morgan fingerprint density at radius 1 is 1.08 bits per heavy atom. The third kappa shape index (κ3) is 6.17. The van der Waals surface area contributed by atoms with Crippen molar-refractivity contribution >= 4 is 60.4 Å². The lowest BCUT2D eigenvalue weighted by molar-refractivity contribution is -0.124. The number of fused-ring (bicyclic) bond motifs is 1. The van der Waals surface area contributed by atoms with E-state index in [0.29, 0.717) is 30.2 Å². The highest BCUT2D eigenvalue weighted by atomic mass is 79.9. The van der Waals surface area contributed by atoms with Crippen LogP contribution < -0.4 is 10.2 Å². The molecule has 1 amide bonds. The largest absolute Gasteiger partial charge is 0.488 e. The summed E-state index contributed by atoms with van der Waals surface area (Å²) in [4.78, 5) is 12.9.